The van der Waals surface area contributed by atoms with E-state index in [0.717, 1.165) is 0 Å². The molecular weight excluding hydrogens is 280 g/mol. The zero-order valence-electron chi connectivity index (χ0n) is 11.8. The van der Waals surface area contributed by atoms with Crippen molar-refractivity contribution in [2.24, 2.45) is 0 Å². The maximum atomic E-state index is 11.8. The molecule has 1 heterocycles. The van der Waals surface area contributed by atoms with Crippen LogP contribution in [0.2, 0.25) is 5.02 Å². The van der Waals surface area contributed by atoms with Gasteiger partial charge in [0.1, 0.15) is 11.5 Å². The van der Waals surface area contributed by atoms with Crippen molar-refractivity contribution in [1.29, 1.82) is 0 Å². The minimum atomic E-state index is -0.453. The van der Waals surface area contributed by atoms with Crippen LogP contribution < -0.4 is 16.4 Å². The first-order valence-electron chi connectivity index (χ1n) is 6.20. The van der Waals surface area contributed by atoms with Crippen molar-refractivity contribution in [3.8, 4) is 0 Å². The van der Waals surface area contributed by atoms with E-state index in [4.69, 9.17) is 17.3 Å². The summed E-state index contributed by atoms with van der Waals surface area (Å²) in [6.45, 7) is 5.87. The van der Waals surface area contributed by atoms with E-state index in [1.54, 1.807) is 0 Å². The van der Waals surface area contributed by atoms with Gasteiger partial charge in [-0.2, -0.15) is 0 Å². The first kappa shape index (κ1) is 16.2. The molecule has 0 aliphatic heterocycles. The molecule has 110 valence electrons. The maximum Gasteiger partial charge on any atom is 0.271 e. The number of nitrogens with zero attached hydrogens (tertiary/aromatic N) is 1. The molecule has 6 nitrogen and oxygen atoms in total. The summed E-state index contributed by atoms with van der Waals surface area (Å²) < 4.78 is 0. The smallest absolute Gasteiger partial charge is 0.271 e. The van der Waals surface area contributed by atoms with Crippen molar-refractivity contribution in [3.63, 3.8) is 0 Å². The summed E-state index contributed by atoms with van der Waals surface area (Å²) in [5, 5.41) is 5.60. The highest BCUT2D eigenvalue weighted by atomic mass is 35.5. The molecule has 0 bridgehead atoms. The lowest BCUT2D eigenvalue weighted by Gasteiger charge is -2.20. The van der Waals surface area contributed by atoms with Gasteiger partial charge in [0.2, 0.25) is 5.91 Å². The van der Waals surface area contributed by atoms with Crippen LogP contribution in [-0.4, -0.2) is 28.9 Å². The third-order valence-electron chi connectivity index (χ3n) is 2.23. The normalized spacial score (nSPS) is 11.0. The van der Waals surface area contributed by atoms with Crippen LogP contribution in [0.25, 0.3) is 0 Å². The Morgan fingerprint density at radius 3 is 2.60 bits per heavy atom. The Balaban J connectivity index is 2.48. The summed E-state index contributed by atoms with van der Waals surface area (Å²) >= 11 is 5.86. The molecule has 0 atom stereocenters. The second-order valence-electron chi connectivity index (χ2n) is 5.37. The van der Waals surface area contributed by atoms with Gasteiger partial charge in [0.05, 0.1) is 5.02 Å². The molecule has 2 amide bonds. The maximum absolute atomic E-state index is 11.8. The number of aromatic nitrogens is 1. The minimum absolute atomic E-state index is 0.0582. The number of amides is 2. The molecule has 0 aliphatic rings. The zero-order chi connectivity index (χ0) is 15.3. The highest BCUT2D eigenvalue weighted by molar-refractivity contribution is 6.33. The number of hydrogen-bond donors (Lipinski definition) is 3. The number of anilines is 1. The van der Waals surface area contributed by atoms with Crippen LogP contribution in [0.1, 0.15) is 37.7 Å². The number of nitrogens with two attached hydrogens (primary N) is 1. The van der Waals surface area contributed by atoms with E-state index in [0.29, 0.717) is 0 Å². The van der Waals surface area contributed by atoms with Crippen molar-refractivity contribution < 1.29 is 9.59 Å². The van der Waals surface area contributed by atoms with Gasteiger partial charge in [0, 0.05) is 18.5 Å². The quantitative estimate of drug-likeness (QED) is 0.781. The van der Waals surface area contributed by atoms with E-state index in [2.05, 4.69) is 15.6 Å². The zero-order valence-corrected chi connectivity index (χ0v) is 12.5. The van der Waals surface area contributed by atoms with Crippen molar-refractivity contribution in [1.82, 2.24) is 15.6 Å². The highest BCUT2D eigenvalue weighted by Crippen LogP contribution is 2.14. The summed E-state index contributed by atoms with van der Waals surface area (Å²) in [7, 11) is 0. The van der Waals surface area contributed by atoms with Gasteiger partial charge in [-0.05, 0) is 32.9 Å². The van der Waals surface area contributed by atoms with Gasteiger partial charge in [0.25, 0.3) is 5.91 Å². The summed E-state index contributed by atoms with van der Waals surface area (Å²) in [5.41, 5.74) is 5.26. The second kappa shape index (κ2) is 6.56. The molecular formula is C13H19ClN4O2. The topological polar surface area (TPSA) is 97.1 Å². The van der Waals surface area contributed by atoms with E-state index in [-0.39, 0.29) is 40.9 Å². The summed E-state index contributed by atoms with van der Waals surface area (Å²) in [6, 6.07) is 3.01. The fraction of sp³-hybridized carbons (Fsp3) is 0.462. The van der Waals surface area contributed by atoms with Crippen LogP contribution in [0, 0.1) is 0 Å². The van der Waals surface area contributed by atoms with Crippen LogP contribution in [0.5, 0.6) is 0 Å². The number of hydrogen-bond acceptors (Lipinski definition) is 4. The Hall–Kier alpha value is -1.82. The van der Waals surface area contributed by atoms with Crippen LogP contribution in [-0.2, 0) is 4.79 Å². The van der Waals surface area contributed by atoms with Crippen LogP contribution in [0.15, 0.2) is 12.1 Å². The number of rotatable bonds is 4. The van der Waals surface area contributed by atoms with Crippen molar-refractivity contribution in [3.05, 3.63) is 22.8 Å². The predicted molar refractivity (Wildman–Crippen MR) is 78.5 cm³/mol. The summed E-state index contributed by atoms with van der Waals surface area (Å²) in [6.07, 6.45) is 0.183. The van der Waals surface area contributed by atoms with E-state index in [1.165, 1.54) is 12.1 Å². The molecule has 0 radical (unpaired) electrons. The van der Waals surface area contributed by atoms with Crippen molar-refractivity contribution >= 4 is 29.2 Å². The van der Waals surface area contributed by atoms with Crippen LogP contribution >= 0.6 is 11.6 Å². The fourth-order valence-electron chi connectivity index (χ4n) is 1.47. The number of nitrogens with one attached hydrogen (secondary N) is 2. The van der Waals surface area contributed by atoms with Crippen LogP contribution in [0.3, 0.4) is 0 Å². The molecule has 1 aromatic heterocycles. The summed E-state index contributed by atoms with van der Waals surface area (Å²) in [4.78, 5) is 27.3. The molecule has 0 saturated carbocycles. The largest absolute Gasteiger partial charge is 0.384 e. The van der Waals surface area contributed by atoms with Gasteiger partial charge in [-0.15, -0.1) is 0 Å². The number of pyridine rings is 1. The fourth-order valence-corrected chi connectivity index (χ4v) is 1.66. The molecule has 1 aromatic rings. The summed E-state index contributed by atoms with van der Waals surface area (Å²) in [5.74, 6) is -0.375. The lowest BCUT2D eigenvalue weighted by atomic mass is 10.1. The highest BCUT2D eigenvalue weighted by Gasteiger charge is 2.15. The molecule has 20 heavy (non-hydrogen) atoms. The Labute approximate surface area is 123 Å². The van der Waals surface area contributed by atoms with Crippen LogP contribution in [0.4, 0.5) is 5.82 Å². The number of carbonyl (C=O) groups is 2. The number of halogens is 1. The van der Waals surface area contributed by atoms with Gasteiger partial charge in [-0.25, -0.2) is 4.98 Å². The van der Waals surface area contributed by atoms with Gasteiger partial charge >= 0.3 is 0 Å². The van der Waals surface area contributed by atoms with E-state index in [9.17, 15) is 9.59 Å². The lowest BCUT2D eigenvalue weighted by Crippen LogP contribution is -2.42. The third kappa shape index (κ3) is 5.44. The van der Waals surface area contributed by atoms with Gasteiger partial charge < -0.3 is 16.4 Å². The SMILES string of the molecule is CC(C)(C)NC(=O)CCNC(=O)c1nc(N)ccc1Cl. The van der Waals surface area contributed by atoms with E-state index < -0.39 is 5.91 Å². The monoisotopic (exact) mass is 298 g/mol. The molecule has 0 saturated heterocycles. The first-order chi connectivity index (χ1) is 9.19. The van der Waals surface area contributed by atoms with Crippen molar-refractivity contribution in [2.45, 2.75) is 32.7 Å². The van der Waals surface area contributed by atoms with Gasteiger partial charge in [-0.1, -0.05) is 11.6 Å². The molecule has 1 rings (SSSR count). The molecule has 4 N–H and O–H groups in total. The predicted octanol–water partition coefficient (Wildman–Crippen LogP) is 1.35. The molecule has 0 aromatic carbocycles. The second-order valence-corrected chi connectivity index (χ2v) is 5.78. The molecule has 0 aliphatic carbocycles. The third-order valence-corrected chi connectivity index (χ3v) is 2.54. The first-order valence-corrected chi connectivity index (χ1v) is 6.58. The molecule has 7 heteroatoms. The molecule has 0 fully saturated rings. The van der Waals surface area contributed by atoms with Gasteiger partial charge in [0.15, 0.2) is 0 Å². The van der Waals surface area contributed by atoms with Crippen molar-refractivity contribution in [2.75, 3.05) is 12.3 Å². The van der Waals surface area contributed by atoms with E-state index >= 15 is 0 Å². The Kier molecular flexibility index (Phi) is 5.33. The van der Waals surface area contributed by atoms with Gasteiger partial charge in [-0.3, -0.25) is 9.59 Å². The molecule has 0 unspecified atom stereocenters. The lowest BCUT2D eigenvalue weighted by molar-refractivity contribution is -0.122. The number of carbonyl (C=O) groups excluding carboxylic acids is 2. The standard InChI is InChI=1S/C13H19ClN4O2/c1-13(2,3)18-10(19)6-7-16-12(20)11-8(14)4-5-9(15)17-11/h4-5H,6-7H2,1-3H3,(H2,15,17)(H,16,20)(H,18,19). The minimum Gasteiger partial charge on any atom is -0.384 e. The number of nitrogen functional groups attached to an aromatic ring is 1. The average Bonchev–Trinajstić information content (AvgIpc) is 2.29. The average molecular weight is 299 g/mol. The molecule has 0 spiro atoms. The Morgan fingerprint density at radius 1 is 1.35 bits per heavy atom. The Bertz CT molecular complexity index is 512. The Morgan fingerprint density at radius 2 is 2.00 bits per heavy atom. The van der Waals surface area contributed by atoms with E-state index in [1.807, 2.05) is 20.8 Å².